The highest BCUT2D eigenvalue weighted by atomic mass is 32.2. The summed E-state index contributed by atoms with van der Waals surface area (Å²) in [5, 5.41) is 0.692. The number of hydrogen-bond acceptors (Lipinski definition) is 7. The molecule has 2 aliphatic rings. The number of carbonyl (C=O) groups excluding carboxylic acids is 1. The van der Waals surface area contributed by atoms with E-state index >= 15 is 0 Å². The van der Waals surface area contributed by atoms with Crippen molar-refractivity contribution in [1.29, 1.82) is 0 Å². The van der Waals surface area contributed by atoms with E-state index in [1.165, 1.54) is 21.2 Å². The fourth-order valence-electron chi connectivity index (χ4n) is 5.19. The molecule has 2 aliphatic heterocycles. The summed E-state index contributed by atoms with van der Waals surface area (Å²) >= 11 is 1.54. The summed E-state index contributed by atoms with van der Waals surface area (Å²) in [6, 6.07) is 10.6. The average Bonchev–Trinajstić information content (AvgIpc) is 3.57. The van der Waals surface area contributed by atoms with E-state index in [0.29, 0.717) is 50.0 Å². The number of nitrogens with zero attached hydrogens (tertiary/aromatic N) is 3. The second-order valence-electron chi connectivity index (χ2n) is 9.86. The lowest BCUT2D eigenvalue weighted by Crippen LogP contribution is -2.46. The van der Waals surface area contributed by atoms with Gasteiger partial charge in [-0.3, -0.25) is 9.69 Å². The SMILES string of the molecule is COc1ccc(S(=O)(=O)N2CCC(C(=O)N(CC3CCCO3)c3nc4c(C)cc(C)cc4s3)CC2)cc1. The number of amides is 1. The van der Waals surface area contributed by atoms with Gasteiger partial charge in [0.2, 0.25) is 15.9 Å². The highest BCUT2D eigenvalue weighted by Crippen LogP contribution is 2.35. The summed E-state index contributed by atoms with van der Waals surface area (Å²) in [4.78, 5) is 20.8. The number of methoxy groups -OCH3 is 1. The largest absolute Gasteiger partial charge is 0.497 e. The van der Waals surface area contributed by atoms with Crippen molar-refractivity contribution in [3.63, 3.8) is 0 Å². The van der Waals surface area contributed by atoms with Gasteiger partial charge in [0.15, 0.2) is 5.13 Å². The van der Waals surface area contributed by atoms with Gasteiger partial charge in [0.1, 0.15) is 5.75 Å². The van der Waals surface area contributed by atoms with Crippen molar-refractivity contribution in [3.05, 3.63) is 47.5 Å². The van der Waals surface area contributed by atoms with Gasteiger partial charge in [-0.05, 0) is 81.0 Å². The Labute approximate surface area is 222 Å². The Morgan fingerprint density at radius 2 is 1.89 bits per heavy atom. The minimum Gasteiger partial charge on any atom is -0.497 e. The minimum absolute atomic E-state index is 0.00502. The normalized spacial score (nSPS) is 19.4. The minimum atomic E-state index is -3.63. The van der Waals surface area contributed by atoms with E-state index in [2.05, 4.69) is 19.1 Å². The maximum absolute atomic E-state index is 13.9. The summed E-state index contributed by atoms with van der Waals surface area (Å²) in [6.07, 6.45) is 2.85. The number of anilines is 1. The van der Waals surface area contributed by atoms with E-state index in [4.69, 9.17) is 14.5 Å². The average molecular weight is 544 g/mol. The lowest BCUT2D eigenvalue weighted by Gasteiger charge is -2.33. The van der Waals surface area contributed by atoms with Gasteiger partial charge in [-0.2, -0.15) is 4.31 Å². The molecular weight excluding hydrogens is 510 g/mol. The Kier molecular flexibility index (Phi) is 7.53. The molecule has 1 atom stereocenters. The maximum atomic E-state index is 13.9. The third-order valence-corrected chi connectivity index (χ3v) is 10.2. The predicted octanol–water partition coefficient (Wildman–Crippen LogP) is 4.53. The third kappa shape index (κ3) is 5.38. The van der Waals surface area contributed by atoms with Crippen molar-refractivity contribution in [3.8, 4) is 5.75 Å². The summed E-state index contributed by atoms with van der Waals surface area (Å²) < 4.78 is 39.9. The lowest BCUT2D eigenvalue weighted by molar-refractivity contribution is -0.123. The van der Waals surface area contributed by atoms with Crippen molar-refractivity contribution in [2.75, 3.05) is 38.3 Å². The number of rotatable bonds is 7. The molecule has 0 radical (unpaired) electrons. The fourth-order valence-corrected chi connectivity index (χ4v) is 7.82. The number of hydrogen-bond donors (Lipinski definition) is 0. The van der Waals surface area contributed by atoms with Gasteiger partial charge >= 0.3 is 0 Å². The van der Waals surface area contributed by atoms with Crippen LogP contribution < -0.4 is 9.64 Å². The molecule has 37 heavy (non-hydrogen) atoms. The Bertz CT molecular complexity index is 1370. The highest BCUT2D eigenvalue weighted by Gasteiger charge is 2.36. The molecule has 1 aromatic heterocycles. The summed E-state index contributed by atoms with van der Waals surface area (Å²) in [6.45, 7) is 5.90. The van der Waals surface area contributed by atoms with Gasteiger partial charge in [0.05, 0.1) is 34.9 Å². The third-order valence-electron chi connectivity index (χ3n) is 7.23. The first-order valence-corrected chi connectivity index (χ1v) is 15.0. The molecule has 0 aliphatic carbocycles. The molecule has 1 unspecified atom stereocenters. The standard InChI is InChI=1S/C27H33N3O5S2/c1-18-15-19(2)25-24(16-18)36-27(28-25)30(17-22-5-4-14-35-22)26(31)20-10-12-29(13-11-20)37(32,33)23-8-6-21(34-3)7-9-23/h6-9,15-16,20,22H,4-5,10-14,17H2,1-3H3. The molecule has 198 valence electrons. The van der Waals surface area contributed by atoms with Crippen LogP contribution in [-0.4, -0.2) is 63.1 Å². The molecule has 10 heteroatoms. The van der Waals surface area contributed by atoms with E-state index < -0.39 is 10.0 Å². The Morgan fingerprint density at radius 3 is 2.54 bits per heavy atom. The zero-order valence-electron chi connectivity index (χ0n) is 21.5. The monoisotopic (exact) mass is 543 g/mol. The number of thiazole rings is 1. The number of benzene rings is 2. The van der Waals surface area contributed by atoms with Crippen LogP contribution in [-0.2, 0) is 19.6 Å². The van der Waals surface area contributed by atoms with Crippen molar-refractivity contribution in [1.82, 2.24) is 9.29 Å². The lowest BCUT2D eigenvalue weighted by atomic mass is 9.96. The van der Waals surface area contributed by atoms with Crippen molar-refractivity contribution in [2.45, 2.75) is 50.5 Å². The Balaban J connectivity index is 1.34. The van der Waals surface area contributed by atoms with Crippen LogP contribution in [0.1, 0.15) is 36.8 Å². The summed E-state index contributed by atoms with van der Waals surface area (Å²) in [5.74, 6) is 0.346. The topological polar surface area (TPSA) is 89.0 Å². The quantitative estimate of drug-likeness (QED) is 0.435. The van der Waals surface area contributed by atoms with Crippen LogP contribution in [0.4, 0.5) is 5.13 Å². The van der Waals surface area contributed by atoms with Crippen LogP contribution in [0.15, 0.2) is 41.3 Å². The van der Waals surface area contributed by atoms with Gasteiger partial charge in [-0.15, -0.1) is 0 Å². The van der Waals surface area contributed by atoms with Crippen molar-refractivity contribution in [2.24, 2.45) is 5.92 Å². The van der Waals surface area contributed by atoms with Gasteiger partial charge in [0, 0.05) is 25.6 Å². The summed E-state index contributed by atoms with van der Waals surface area (Å²) in [7, 11) is -2.09. The van der Waals surface area contributed by atoms with Crippen LogP contribution in [0, 0.1) is 19.8 Å². The zero-order valence-corrected chi connectivity index (χ0v) is 23.1. The maximum Gasteiger partial charge on any atom is 0.243 e. The Hall–Kier alpha value is -2.53. The van der Waals surface area contributed by atoms with Gasteiger partial charge in [-0.1, -0.05) is 17.4 Å². The molecule has 2 aromatic carbocycles. The molecule has 0 saturated carbocycles. The number of aryl methyl sites for hydroxylation is 2. The number of sulfonamides is 1. The van der Waals surface area contributed by atoms with Crippen molar-refractivity contribution < 1.29 is 22.7 Å². The van der Waals surface area contributed by atoms with E-state index in [0.717, 1.165) is 28.6 Å². The number of ether oxygens (including phenoxy) is 2. The second kappa shape index (κ2) is 10.7. The number of carbonyl (C=O) groups is 1. The van der Waals surface area contributed by atoms with E-state index in [-0.39, 0.29) is 22.8 Å². The first-order chi connectivity index (χ1) is 17.8. The molecule has 3 aromatic rings. The molecule has 3 heterocycles. The molecule has 8 nitrogen and oxygen atoms in total. The van der Waals surface area contributed by atoms with Crippen LogP contribution in [0.2, 0.25) is 0 Å². The second-order valence-corrected chi connectivity index (χ2v) is 12.8. The van der Waals surface area contributed by atoms with Gasteiger partial charge < -0.3 is 9.47 Å². The smallest absolute Gasteiger partial charge is 0.243 e. The van der Waals surface area contributed by atoms with E-state index in [1.54, 1.807) is 36.3 Å². The van der Waals surface area contributed by atoms with E-state index in [9.17, 15) is 13.2 Å². The highest BCUT2D eigenvalue weighted by molar-refractivity contribution is 7.89. The molecule has 2 saturated heterocycles. The van der Waals surface area contributed by atoms with Crippen LogP contribution >= 0.6 is 11.3 Å². The van der Waals surface area contributed by atoms with Crippen LogP contribution in [0.25, 0.3) is 10.2 Å². The molecule has 1 amide bonds. The fraction of sp³-hybridized carbons (Fsp3) is 0.481. The Morgan fingerprint density at radius 1 is 1.16 bits per heavy atom. The summed E-state index contributed by atoms with van der Waals surface area (Å²) in [5.41, 5.74) is 3.19. The first-order valence-electron chi connectivity index (χ1n) is 12.7. The molecule has 2 fully saturated rings. The zero-order chi connectivity index (χ0) is 26.2. The number of piperidine rings is 1. The van der Waals surface area contributed by atoms with Crippen LogP contribution in [0.3, 0.4) is 0 Å². The van der Waals surface area contributed by atoms with Crippen molar-refractivity contribution >= 4 is 42.6 Å². The van der Waals surface area contributed by atoms with Gasteiger partial charge in [0.25, 0.3) is 0 Å². The molecular formula is C27H33N3O5S2. The predicted molar refractivity (Wildman–Crippen MR) is 145 cm³/mol. The molecule has 0 bridgehead atoms. The number of aromatic nitrogens is 1. The van der Waals surface area contributed by atoms with E-state index in [1.807, 2.05) is 6.92 Å². The first kappa shape index (κ1) is 26.1. The van der Waals surface area contributed by atoms with Gasteiger partial charge in [-0.25, -0.2) is 13.4 Å². The number of fused-ring (bicyclic) bond motifs is 1. The molecule has 5 rings (SSSR count). The molecule has 0 N–H and O–H groups in total. The molecule has 0 spiro atoms. The van der Waals surface area contributed by atoms with Crippen LogP contribution in [0.5, 0.6) is 5.75 Å².